The average Bonchev–Trinajstić information content (AvgIpc) is 2.94. The number of hydrogen-bond donors (Lipinski definition) is 1. The lowest BCUT2D eigenvalue weighted by Gasteiger charge is -2.32. The van der Waals surface area contributed by atoms with E-state index in [4.69, 9.17) is 4.74 Å². The van der Waals surface area contributed by atoms with Crippen molar-refractivity contribution >= 4 is 46.1 Å². The molecule has 1 N–H and O–H groups in total. The minimum Gasteiger partial charge on any atom is -0.497 e. The van der Waals surface area contributed by atoms with Crippen LogP contribution in [0.2, 0.25) is 0 Å². The van der Waals surface area contributed by atoms with Crippen molar-refractivity contribution in [1.82, 2.24) is 4.90 Å². The highest BCUT2D eigenvalue weighted by Crippen LogP contribution is 2.31. The lowest BCUT2D eigenvalue weighted by Crippen LogP contribution is -2.46. The number of carbonyl (C=O) groups is 3. The van der Waals surface area contributed by atoms with Gasteiger partial charge in [0.1, 0.15) is 22.5 Å². The number of nitrogens with zero attached hydrogens (tertiary/aromatic N) is 2. The molecular weight excluding hydrogens is 509 g/mol. The zero-order valence-corrected chi connectivity index (χ0v) is 21.7. The largest absolute Gasteiger partial charge is 0.497 e. The molecule has 0 saturated carbocycles. The van der Waals surface area contributed by atoms with Crippen LogP contribution in [0.25, 0.3) is 0 Å². The summed E-state index contributed by atoms with van der Waals surface area (Å²) in [6.07, 6.45) is 0.492. The van der Waals surface area contributed by atoms with Gasteiger partial charge in [0.15, 0.2) is 5.17 Å². The molecule has 10 heteroatoms. The van der Waals surface area contributed by atoms with Gasteiger partial charge in [0.25, 0.3) is 0 Å². The molecule has 196 valence electrons. The molecular formula is C28H26FN3O5S. The fourth-order valence-electron chi connectivity index (χ4n) is 3.77. The normalized spacial score (nSPS) is 16.3. The third kappa shape index (κ3) is 6.57. The van der Waals surface area contributed by atoms with E-state index in [0.717, 1.165) is 23.1 Å². The summed E-state index contributed by atoms with van der Waals surface area (Å²) in [7, 11) is 2.88. The Morgan fingerprint density at radius 2 is 1.76 bits per heavy atom. The van der Waals surface area contributed by atoms with Crippen LogP contribution in [0.3, 0.4) is 0 Å². The molecule has 1 aliphatic heterocycles. The van der Waals surface area contributed by atoms with Crippen molar-refractivity contribution in [3.05, 3.63) is 89.7 Å². The summed E-state index contributed by atoms with van der Waals surface area (Å²) in [4.78, 5) is 43.8. The van der Waals surface area contributed by atoms with Crippen LogP contribution in [0.15, 0.2) is 77.8 Å². The molecule has 0 spiro atoms. The van der Waals surface area contributed by atoms with E-state index < -0.39 is 22.9 Å². The number of amides is 2. The van der Waals surface area contributed by atoms with Gasteiger partial charge in [-0.1, -0.05) is 36.0 Å². The van der Waals surface area contributed by atoms with Crippen molar-refractivity contribution < 1.29 is 28.2 Å². The Balaban J connectivity index is 1.52. The number of esters is 1. The second-order valence-corrected chi connectivity index (χ2v) is 9.53. The zero-order valence-electron chi connectivity index (χ0n) is 20.8. The molecule has 0 unspecified atom stereocenters. The molecule has 0 aromatic heterocycles. The lowest BCUT2D eigenvalue weighted by molar-refractivity contribution is -0.129. The maximum Gasteiger partial charge on any atom is 0.337 e. The first-order valence-corrected chi connectivity index (χ1v) is 12.7. The highest BCUT2D eigenvalue weighted by atomic mass is 32.2. The van der Waals surface area contributed by atoms with Gasteiger partial charge < -0.3 is 14.8 Å². The Bertz CT molecular complexity index is 1350. The smallest absolute Gasteiger partial charge is 0.337 e. The molecule has 1 saturated heterocycles. The van der Waals surface area contributed by atoms with Crippen LogP contribution in [0, 0.1) is 5.82 Å². The molecule has 2 amide bonds. The molecule has 1 heterocycles. The van der Waals surface area contributed by atoms with Crippen molar-refractivity contribution in [2.45, 2.75) is 18.1 Å². The number of thioether (sulfide) groups is 1. The van der Waals surface area contributed by atoms with Crippen LogP contribution < -0.4 is 10.1 Å². The van der Waals surface area contributed by atoms with Crippen molar-refractivity contribution in [1.29, 1.82) is 0 Å². The van der Waals surface area contributed by atoms with Gasteiger partial charge in [-0.15, -0.1) is 0 Å². The molecule has 0 aliphatic carbocycles. The number of para-hydroxylation sites is 1. The van der Waals surface area contributed by atoms with E-state index >= 15 is 0 Å². The maximum atomic E-state index is 14.4. The summed E-state index contributed by atoms with van der Waals surface area (Å²) >= 11 is 1.11. The van der Waals surface area contributed by atoms with Crippen LogP contribution in [0.1, 0.15) is 22.3 Å². The Kier molecular flexibility index (Phi) is 8.75. The van der Waals surface area contributed by atoms with Gasteiger partial charge in [-0.25, -0.2) is 14.2 Å². The van der Waals surface area contributed by atoms with Crippen molar-refractivity contribution in [3.8, 4) is 5.75 Å². The molecule has 38 heavy (non-hydrogen) atoms. The fourth-order valence-corrected chi connectivity index (χ4v) is 4.89. The van der Waals surface area contributed by atoms with Crippen molar-refractivity contribution in [3.63, 3.8) is 0 Å². The molecule has 0 bridgehead atoms. The first-order valence-electron chi connectivity index (χ1n) is 11.8. The number of hydrogen-bond acceptors (Lipinski definition) is 7. The van der Waals surface area contributed by atoms with Crippen molar-refractivity contribution in [2.75, 3.05) is 26.1 Å². The van der Waals surface area contributed by atoms with E-state index in [1.54, 1.807) is 31.4 Å². The molecule has 3 aromatic rings. The quantitative estimate of drug-likeness (QED) is 0.415. The zero-order chi connectivity index (χ0) is 27.1. The van der Waals surface area contributed by atoms with Gasteiger partial charge in [-0.05, 0) is 60.5 Å². The summed E-state index contributed by atoms with van der Waals surface area (Å²) in [5.41, 5.74) is 1.88. The van der Waals surface area contributed by atoms with Gasteiger partial charge in [0.2, 0.25) is 11.8 Å². The first-order chi connectivity index (χ1) is 18.4. The van der Waals surface area contributed by atoms with E-state index in [0.29, 0.717) is 24.2 Å². The summed E-state index contributed by atoms with van der Waals surface area (Å²) in [6.45, 7) is 0.314. The number of anilines is 1. The predicted molar refractivity (Wildman–Crippen MR) is 144 cm³/mol. The van der Waals surface area contributed by atoms with Crippen LogP contribution in [0.5, 0.6) is 5.75 Å². The van der Waals surface area contributed by atoms with Gasteiger partial charge in [0, 0.05) is 18.7 Å². The number of rotatable bonds is 8. The number of ether oxygens (including phenoxy) is 2. The minimum atomic E-state index is -0.773. The minimum absolute atomic E-state index is 0.0460. The number of aliphatic imine (C=N–C) groups is 1. The molecule has 1 fully saturated rings. The van der Waals surface area contributed by atoms with Gasteiger partial charge >= 0.3 is 5.97 Å². The number of benzene rings is 3. The van der Waals surface area contributed by atoms with E-state index in [2.05, 4.69) is 15.0 Å². The van der Waals surface area contributed by atoms with Crippen LogP contribution in [-0.4, -0.2) is 53.9 Å². The first kappa shape index (κ1) is 26.9. The predicted octanol–water partition coefficient (Wildman–Crippen LogP) is 4.82. The third-order valence-electron chi connectivity index (χ3n) is 5.86. The lowest BCUT2D eigenvalue weighted by atomic mass is 10.1. The Morgan fingerprint density at radius 1 is 1.05 bits per heavy atom. The number of amidine groups is 1. The Hall–Kier alpha value is -4.18. The van der Waals surface area contributed by atoms with E-state index in [-0.39, 0.29) is 23.2 Å². The summed E-state index contributed by atoms with van der Waals surface area (Å²) in [5, 5.41) is 2.25. The second-order valence-electron chi connectivity index (χ2n) is 8.36. The Labute approximate surface area is 223 Å². The number of nitrogens with one attached hydrogen (secondary N) is 1. The average molecular weight is 536 g/mol. The molecule has 1 aliphatic rings. The molecule has 8 nitrogen and oxygen atoms in total. The number of carbonyl (C=O) groups excluding carboxylic acids is 3. The highest BCUT2D eigenvalue weighted by molar-refractivity contribution is 8.15. The molecule has 3 aromatic carbocycles. The van der Waals surface area contributed by atoms with E-state index in [1.165, 1.54) is 36.3 Å². The van der Waals surface area contributed by atoms with Crippen LogP contribution in [0.4, 0.5) is 15.8 Å². The topological polar surface area (TPSA) is 97.3 Å². The number of halogens is 1. The molecule has 1 atom stereocenters. The van der Waals surface area contributed by atoms with E-state index in [1.807, 2.05) is 24.3 Å². The summed E-state index contributed by atoms with van der Waals surface area (Å²) < 4.78 is 24.3. The molecule has 0 radical (unpaired) electrons. The molecule has 4 rings (SSSR count). The summed E-state index contributed by atoms with van der Waals surface area (Å²) in [5.74, 6) is -0.965. The SMILES string of the molecule is COC(=O)c1ccc(NC(=O)[C@H]2CC(=O)N(CCc3ccc(OC)cc3)C(=Nc3ccccc3F)S2)cc1. The fraction of sp³-hybridized carbons (Fsp3) is 0.214. The van der Waals surface area contributed by atoms with Crippen molar-refractivity contribution in [2.24, 2.45) is 4.99 Å². The number of methoxy groups -OCH3 is 2. The van der Waals surface area contributed by atoms with E-state index in [9.17, 15) is 18.8 Å². The Morgan fingerprint density at radius 3 is 2.42 bits per heavy atom. The monoisotopic (exact) mass is 535 g/mol. The van der Waals surface area contributed by atoms with Crippen LogP contribution in [-0.2, 0) is 20.7 Å². The standard InChI is InChI=1S/C28H26FN3O5S/c1-36-21-13-7-18(8-14-21)15-16-32-25(33)17-24(38-28(32)31-23-6-4-3-5-22(23)29)26(34)30-20-11-9-19(10-12-20)27(35)37-2/h3-14,24H,15-17H2,1-2H3,(H,30,34)/t24-/m1/s1. The van der Waals surface area contributed by atoms with Gasteiger partial charge in [-0.2, -0.15) is 0 Å². The maximum absolute atomic E-state index is 14.4. The summed E-state index contributed by atoms with van der Waals surface area (Å²) in [6, 6.07) is 19.8. The van der Waals surface area contributed by atoms with Gasteiger partial charge in [0.05, 0.1) is 19.8 Å². The third-order valence-corrected chi connectivity index (χ3v) is 7.05. The highest BCUT2D eigenvalue weighted by Gasteiger charge is 2.36. The van der Waals surface area contributed by atoms with Crippen LogP contribution >= 0.6 is 11.8 Å². The van der Waals surface area contributed by atoms with Gasteiger partial charge in [-0.3, -0.25) is 14.5 Å². The second kappa shape index (κ2) is 12.4.